The quantitative estimate of drug-likeness (QED) is 0.447. The van der Waals surface area contributed by atoms with Gasteiger partial charge in [-0.1, -0.05) is 0 Å². The van der Waals surface area contributed by atoms with E-state index < -0.39 is 0 Å². The molecular weight excluding hydrogens is 144 g/mol. The van der Waals surface area contributed by atoms with Gasteiger partial charge < -0.3 is 0 Å². The van der Waals surface area contributed by atoms with Crippen LogP contribution >= 0.6 is 0 Å². The first-order chi connectivity index (χ1) is 5.38. The highest BCUT2D eigenvalue weighted by Gasteiger charge is 1.97. The number of imidazole rings is 1. The predicted molar refractivity (Wildman–Crippen MR) is 36.4 cm³/mol. The zero-order valence-electron chi connectivity index (χ0n) is 5.44. The Morgan fingerprint density at radius 3 is 2.91 bits per heavy atom. The van der Waals surface area contributed by atoms with Gasteiger partial charge >= 0.3 is 0 Å². The van der Waals surface area contributed by atoms with E-state index >= 15 is 0 Å². The Morgan fingerprint density at radius 2 is 2.27 bits per heavy atom. The van der Waals surface area contributed by atoms with Gasteiger partial charge in [0.1, 0.15) is 0 Å². The van der Waals surface area contributed by atoms with Crippen molar-refractivity contribution in [3.8, 4) is 12.4 Å². The third kappa shape index (κ3) is 1.37. The molecule has 0 bridgehead atoms. The second-order valence-electron chi connectivity index (χ2n) is 1.58. The molecule has 1 aromatic heterocycles. The molecule has 0 atom stereocenters. The van der Waals surface area contributed by atoms with Crippen LogP contribution in [0.5, 0.6) is 0 Å². The van der Waals surface area contributed by atoms with Crippen molar-refractivity contribution >= 4 is 5.95 Å². The zero-order valence-corrected chi connectivity index (χ0v) is 5.44. The van der Waals surface area contributed by atoms with Gasteiger partial charge in [-0.05, 0) is 0 Å². The van der Waals surface area contributed by atoms with E-state index in [0.29, 0.717) is 0 Å². The molecule has 0 spiro atoms. The molecule has 0 saturated heterocycles. The average Bonchev–Trinajstić information content (AvgIpc) is 2.39. The van der Waals surface area contributed by atoms with Crippen LogP contribution in [0.4, 0.5) is 5.95 Å². The van der Waals surface area contributed by atoms with Crippen LogP contribution in [-0.4, -0.2) is 9.66 Å². The monoisotopic (exact) mass is 148 g/mol. The van der Waals surface area contributed by atoms with Crippen molar-refractivity contribution in [2.24, 2.45) is 0 Å². The summed E-state index contributed by atoms with van der Waals surface area (Å²) < 4.78 is 1.29. The molecule has 0 saturated carbocycles. The summed E-state index contributed by atoms with van der Waals surface area (Å²) in [4.78, 5) is 3.74. The fourth-order valence-corrected chi connectivity index (χ4v) is 0.590. The molecule has 0 unspecified atom stereocenters. The molecule has 1 rings (SSSR count). The number of rotatable bonds is 2. The maximum Gasteiger partial charge on any atom is 0.236 e. The summed E-state index contributed by atoms with van der Waals surface area (Å²) in [6, 6.07) is 0. The molecule has 1 heterocycles. The molecule has 1 aromatic rings. The minimum Gasteiger partial charge on any atom is -0.261 e. The van der Waals surface area contributed by atoms with Crippen LogP contribution in [0.1, 0.15) is 0 Å². The minimum atomic E-state index is 0.286. The van der Waals surface area contributed by atoms with Gasteiger partial charge in [0, 0.05) is 12.4 Å². The summed E-state index contributed by atoms with van der Waals surface area (Å²) in [5.41, 5.74) is 2.29. The van der Waals surface area contributed by atoms with Gasteiger partial charge in [-0.2, -0.15) is 10.5 Å². The number of nitriles is 2. The number of hydrogen-bond acceptors (Lipinski definition) is 5. The number of nitrogens with one attached hydrogen (secondary N) is 2. The molecular formula is C5H4N6. The Bertz CT molecular complexity index is 282. The van der Waals surface area contributed by atoms with E-state index in [1.54, 1.807) is 12.4 Å². The summed E-state index contributed by atoms with van der Waals surface area (Å²) in [7, 11) is 0. The van der Waals surface area contributed by atoms with Gasteiger partial charge in [-0.25, -0.2) is 15.1 Å². The lowest BCUT2D eigenvalue weighted by Crippen LogP contribution is -2.10. The molecule has 2 N–H and O–H groups in total. The van der Waals surface area contributed by atoms with Crippen LogP contribution in [0.2, 0.25) is 0 Å². The Balaban J connectivity index is 2.82. The summed E-state index contributed by atoms with van der Waals surface area (Å²) in [6.07, 6.45) is 6.36. The van der Waals surface area contributed by atoms with Gasteiger partial charge in [-0.15, -0.1) is 0 Å². The van der Waals surface area contributed by atoms with E-state index in [1.807, 2.05) is 0 Å². The Kier molecular flexibility index (Phi) is 1.94. The predicted octanol–water partition coefficient (Wildman–Crippen LogP) is -0.199. The molecule has 54 valence electrons. The summed E-state index contributed by atoms with van der Waals surface area (Å²) in [6.45, 7) is 0. The number of nitrogens with zero attached hydrogens (tertiary/aromatic N) is 4. The largest absolute Gasteiger partial charge is 0.261 e. The molecule has 0 radical (unpaired) electrons. The van der Waals surface area contributed by atoms with Gasteiger partial charge in [0.05, 0.1) is 0 Å². The second-order valence-corrected chi connectivity index (χ2v) is 1.58. The smallest absolute Gasteiger partial charge is 0.236 e. The van der Waals surface area contributed by atoms with Crippen LogP contribution in [0.15, 0.2) is 12.4 Å². The van der Waals surface area contributed by atoms with Crippen LogP contribution in [-0.2, 0) is 0 Å². The fraction of sp³-hybridized carbons (Fsp3) is 0. The number of aromatic nitrogens is 2. The maximum absolute atomic E-state index is 8.21. The lowest BCUT2D eigenvalue weighted by molar-refractivity contribution is 0.966. The van der Waals surface area contributed by atoms with Crippen LogP contribution < -0.4 is 10.7 Å². The van der Waals surface area contributed by atoms with Crippen molar-refractivity contribution in [3.05, 3.63) is 12.4 Å². The molecule has 0 aliphatic carbocycles. The van der Waals surface area contributed by atoms with Crippen molar-refractivity contribution in [3.63, 3.8) is 0 Å². The summed E-state index contributed by atoms with van der Waals surface area (Å²) in [5, 5.41) is 18.7. The molecule has 0 aliphatic heterocycles. The topological polar surface area (TPSA) is 89.5 Å². The van der Waals surface area contributed by atoms with E-state index in [9.17, 15) is 0 Å². The van der Waals surface area contributed by atoms with Gasteiger partial charge in [0.2, 0.25) is 5.95 Å². The number of hydrogen-bond donors (Lipinski definition) is 2. The van der Waals surface area contributed by atoms with Crippen LogP contribution in [0, 0.1) is 22.9 Å². The zero-order chi connectivity index (χ0) is 8.10. The van der Waals surface area contributed by atoms with Gasteiger partial charge in [0.25, 0.3) is 0 Å². The van der Waals surface area contributed by atoms with Crippen molar-refractivity contribution in [1.29, 1.82) is 10.5 Å². The highest BCUT2D eigenvalue weighted by atomic mass is 15.5. The van der Waals surface area contributed by atoms with Crippen molar-refractivity contribution < 1.29 is 0 Å². The molecule has 0 aliphatic rings. The summed E-state index contributed by atoms with van der Waals surface area (Å²) >= 11 is 0. The van der Waals surface area contributed by atoms with Gasteiger partial charge in [0.15, 0.2) is 12.4 Å². The van der Waals surface area contributed by atoms with Crippen LogP contribution in [0.25, 0.3) is 0 Å². The molecule has 0 fully saturated rings. The first-order valence-corrected chi connectivity index (χ1v) is 2.72. The standard InChI is InChI=1S/C5H4N6/c6-3-9-5-8-1-2-11(5)10-4-7/h1-2,10H,(H,8,9). The highest BCUT2D eigenvalue weighted by molar-refractivity contribution is 5.32. The molecule has 0 aromatic carbocycles. The van der Waals surface area contributed by atoms with Crippen LogP contribution in [0.3, 0.4) is 0 Å². The SMILES string of the molecule is N#CNc1nccn1NC#N. The first kappa shape index (κ1) is 6.90. The van der Waals surface area contributed by atoms with E-state index in [4.69, 9.17) is 10.5 Å². The minimum absolute atomic E-state index is 0.286. The van der Waals surface area contributed by atoms with E-state index in [0.717, 1.165) is 0 Å². The van der Waals surface area contributed by atoms with Crippen molar-refractivity contribution in [2.75, 3.05) is 10.7 Å². The third-order valence-corrected chi connectivity index (χ3v) is 0.979. The Labute approximate surface area is 62.7 Å². The Morgan fingerprint density at radius 1 is 1.45 bits per heavy atom. The fourth-order valence-electron chi connectivity index (χ4n) is 0.590. The highest BCUT2D eigenvalue weighted by Crippen LogP contribution is 1.98. The molecule has 11 heavy (non-hydrogen) atoms. The Hall–Kier alpha value is -2.21. The lowest BCUT2D eigenvalue weighted by atomic mass is 10.9. The normalized spacial score (nSPS) is 7.82. The van der Waals surface area contributed by atoms with E-state index in [2.05, 4.69) is 15.7 Å². The maximum atomic E-state index is 8.21. The van der Waals surface area contributed by atoms with E-state index in [-0.39, 0.29) is 5.95 Å². The molecule has 0 amide bonds. The van der Waals surface area contributed by atoms with Crippen molar-refractivity contribution in [1.82, 2.24) is 9.66 Å². The second kappa shape index (κ2) is 3.08. The number of anilines is 1. The average molecular weight is 148 g/mol. The molecule has 6 nitrogen and oxygen atoms in total. The van der Waals surface area contributed by atoms with E-state index in [1.165, 1.54) is 17.1 Å². The molecule has 6 heteroatoms. The third-order valence-electron chi connectivity index (χ3n) is 0.979. The first-order valence-electron chi connectivity index (χ1n) is 2.72. The summed E-state index contributed by atoms with van der Waals surface area (Å²) in [5.74, 6) is 0.286. The van der Waals surface area contributed by atoms with Crippen molar-refractivity contribution in [2.45, 2.75) is 0 Å². The lowest BCUT2D eigenvalue weighted by Gasteiger charge is -1.99. The van der Waals surface area contributed by atoms with Gasteiger partial charge in [-0.3, -0.25) is 5.32 Å².